The molecule has 3 N–H and O–H groups in total. The van der Waals surface area contributed by atoms with Crippen molar-refractivity contribution in [3.05, 3.63) is 29.8 Å². The number of carbonyl (C=O) groups excluding carboxylic acids is 1. The second-order valence-electron chi connectivity index (χ2n) is 4.18. The number of carboxylic acid groups (broad SMARTS) is 1. The summed E-state index contributed by atoms with van der Waals surface area (Å²) in [5, 5.41) is 14.1. The number of benzene rings is 1. The zero-order valence-corrected chi connectivity index (χ0v) is 11.0. The van der Waals surface area contributed by atoms with E-state index < -0.39 is 5.97 Å². The van der Waals surface area contributed by atoms with Crippen molar-refractivity contribution in [2.24, 2.45) is 0 Å². The molecule has 0 saturated heterocycles. The van der Waals surface area contributed by atoms with Crippen LogP contribution in [0, 0.1) is 0 Å². The Morgan fingerprint density at radius 3 is 2.68 bits per heavy atom. The molecule has 6 nitrogen and oxygen atoms in total. The van der Waals surface area contributed by atoms with Crippen LogP contribution >= 0.6 is 0 Å². The molecule has 0 saturated carbocycles. The van der Waals surface area contributed by atoms with Crippen molar-refractivity contribution in [3.8, 4) is 0 Å². The van der Waals surface area contributed by atoms with Crippen LogP contribution in [0.4, 0.5) is 10.5 Å². The van der Waals surface area contributed by atoms with Gasteiger partial charge in [-0.3, -0.25) is 4.79 Å². The summed E-state index contributed by atoms with van der Waals surface area (Å²) in [6.07, 6.45) is -0.135. The first-order chi connectivity index (χ1) is 9.02. The number of carboxylic acids is 1. The van der Waals surface area contributed by atoms with E-state index in [0.29, 0.717) is 17.9 Å². The first-order valence-electron chi connectivity index (χ1n) is 5.89. The summed E-state index contributed by atoms with van der Waals surface area (Å²) in [4.78, 5) is 22.4. The van der Waals surface area contributed by atoms with Crippen LogP contribution in [0.2, 0.25) is 0 Å². The summed E-state index contributed by atoms with van der Waals surface area (Å²) < 4.78 is 4.91. The second-order valence-corrected chi connectivity index (χ2v) is 4.18. The lowest BCUT2D eigenvalue weighted by molar-refractivity contribution is -0.136. The molecule has 1 unspecified atom stereocenters. The summed E-state index contributed by atoms with van der Waals surface area (Å²) in [6, 6.07) is 6.29. The van der Waals surface area contributed by atoms with Gasteiger partial charge in [0.15, 0.2) is 0 Å². The molecule has 0 aromatic heterocycles. The number of nitrogens with one attached hydrogen (secondary N) is 2. The van der Waals surface area contributed by atoms with Crippen molar-refractivity contribution in [1.82, 2.24) is 5.32 Å². The van der Waals surface area contributed by atoms with Gasteiger partial charge in [0.05, 0.1) is 19.1 Å². The Hall–Kier alpha value is -2.08. The smallest absolute Gasteiger partial charge is 0.319 e. The lowest BCUT2D eigenvalue weighted by Crippen LogP contribution is -2.38. The van der Waals surface area contributed by atoms with Gasteiger partial charge in [0.1, 0.15) is 0 Å². The van der Waals surface area contributed by atoms with E-state index in [4.69, 9.17) is 9.84 Å². The SMILES string of the molecule is COCC(C)NC(=O)Nc1ccccc1CC(=O)O. The maximum absolute atomic E-state index is 11.7. The number of ether oxygens (including phenoxy) is 1. The Balaban J connectivity index is 2.65. The van der Waals surface area contributed by atoms with E-state index in [2.05, 4.69) is 10.6 Å². The molecular formula is C13H18N2O4. The van der Waals surface area contributed by atoms with E-state index in [1.807, 2.05) is 6.92 Å². The number of hydrogen-bond donors (Lipinski definition) is 3. The van der Waals surface area contributed by atoms with Gasteiger partial charge in [0.25, 0.3) is 0 Å². The highest BCUT2D eigenvalue weighted by atomic mass is 16.5. The fraction of sp³-hybridized carbons (Fsp3) is 0.385. The summed E-state index contributed by atoms with van der Waals surface area (Å²) in [5.74, 6) is -0.942. The third-order valence-corrected chi connectivity index (χ3v) is 2.40. The van der Waals surface area contributed by atoms with E-state index in [1.54, 1.807) is 31.4 Å². The van der Waals surface area contributed by atoms with Gasteiger partial charge in [-0.05, 0) is 18.6 Å². The lowest BCUT2D eigenvalue weighted by atomic mass is 10.1. The molecule has 0 aliphatic carbocycles. The monoisotopic (exact) mass is 266 g/mol. The topological polar surface area (TPSA) is 87.7 Å². The third kappa shape index (κ3) is 5.39. The lowest BCUT2D eigenvalue weighted by Gasteiger charge is -2.15. The van der Waals surface area contributed by atoms with Gasteiger partial charge in [-0.1, -0.05) is 18.2 Å². The van der Waals surface area contributed by atoms with Crippen LogP contribution in [0.3, 0.4) is 0 Å². The summed E-state index contributed by atoms with van der Waals surface area (Å²) in [5.41, 5.74) is 1.05. The Labute approximate surface area is 111 Å². The van der Waals surface area contributed by atoms with Crippen LogP contribution in [-0.2, 0) is 16.0 Å². The Bertz CT molecular complexity index is 448. The second kappa shape index (κ2) is 7.38. The maximum atomic E-state index is 11.7. The number of amides is 2. The summed E-state index contributed by atoms with van der Waals surface area (Å²) in [6.45, 7) is 2.22. The van der Waals surface area contributed by atoms with Crippen molar-refractivity contribution < 1.29 is 19.4 Å². The minimum atomic E-state index is -0.942. The van der Waals surface area contributed by atoms with Crippen LogP contribution in [0.5, 0.6) is 0 Å². The number of carbonyl (C=O) groups is 2. The highest BCUT2D eigenvalue weighted by molar-refractivity contribution is 5.91. The summed E-state index contributed by atoms with van der Waals surface area (Å²) in [7, 11) is 1.55. The van der Waals surface area contributed by atoms with E-state index >= 15 is 0 Å². The molecule has 0 radical (unpaired) electrons. The molecule has 1 rings (SSSR count). The quantitative estimate of drug-likeness (QED) is 0.727. The number of methoxy groups -OCH3 is 1. The molecule has 104 valence electrons. The number of hydrogen-bond acceptors (Lipinski definition) is 3. The predicted molar refractivity (Wildman–Crippen MR) is 71.3 cm³/mol. The third-order valence-electron chi connectivity index (χ3n) is 2.40. The van der Waals surface area contributed by atoms with Gasteiger partial charge in [-0.15, -0.1) is 0 Å². The molecule has 0 spiro atoms. The van der Waals surface area contributed by atoms with E-state index in [-0.39, 0.29) is 18.5 Å². The molecule has 1 aromatic rings. The Morgan fingerprint density at radius 2 is 2.05 bits per heavy atom. The van der Waals surface area contributed by atoms with Gasteiger partial charge < -0.3 is 20.5 Å². The fourth-order valence-electron chi connectivity index (χ4n) is 1.63. The van der Waals surface area contributed by atoms with E-state index in [1.165, 1.54) is 0 Å². The van der Waals surface area contributed by atoms with Crippen molar-refractivity contribution in [3.63, 3.8) is 0 Å². The standard InChI is InChI=1S/C13H18N2O4/c1-9(8-19-2)14-13(18)15-11-6-4-3-5-10(11)7-12(16)17/h3-6,9H,7-8H2,1-2H3,(H,16,17)(H2,14,15,18). The summed E-state index contributed by atoms with van der Waals surface area (Å²) >= 11 is 0. The Kier molecular flexibility index (Phi) is 5.81. The van der Waals surface area contributed by atoms with E-state index in [9.17, 15) is 9.59 Å². The van der Waals surface area contributed by atoms with Crippen LogP contribution in [0.15, 0.2) is 24.3 Å². The zero-order chi connectivity index (χ0) is 14.3. The minimum Gasteiger partial charge on any atom is -0.481 e. The average molecular weight is 266 g/mol. The van der Waals surface area contributed by atoms with Crippen molar-refractivity contribution in [2.45, 2.75) is 19.4 Å². The molecule has 0 fully saturated rings. The molecule has 1 atom stereocenters. The van der Waals surface area contributed by atoms with Gasteiger partial charge in [0, 0.05) is 12.8 Å². The number of anilines is 1. The van der Waals surface area contributed by atoms with Crippen LogP contribution in [0.25, 0.3) is 0 Å². The predicted octanol–water partition coefficient (Wildman–Crippen LogP) is 1.47. The average Bonchev–Trinajstić information content (AvgIpc) is 2.31. The van der Waals surface area contributed by atoms with Crippen molar-refractivity contribution >= 4 is 17.7 Å². The largest absolute Gasteiger partial charge is 0.481 e. The Morgan fingerprint density at radius 1 is 1.37 bits per heavy atom. The van der Waals surface area contributed by atoms with Gasteiger partial charge in [0.2, 0.25) is 0 Å². The normalized spacial score (nSPS) is 11.7. The highest BCUT2D eigenvalue weighted by Gasteiger charge is 2.10. The van der Waals surface area contributed by atoms with E-state index in [0.717, 1.165) is 0 Å². The van der Waals surface area contributed by atoms with Crippen molar-refractivity contribution in [2.75, 3.05) is 19.0 Å². The van der Waals surface area contributed by atoms with Gasteiger partial charge in [-0.2, -0.15) is 0 Å². The van der Waals surface area contributed by atoms with Crippen LogP contribution in [-0.4, -0.2) is 36.9 Å². The molecule has 1 aromatic carbocycles. The molecule has 0 aliphatic heterocycles. The van der Waals surface area contributed by atoms with Crippen molar-refractivity contribution in [1.29, 1.82) is 0 Å². The molecule has 6 heteroatoms. The number of para-hydroxylation sites is 1. The maximum Gasteiger partial charge on any atom is 0.319 e. The van der Waals surface area contributed by atoms with Crippen LogP contribution in [0.1, 0.15) is 12.5 Å². The molecule has 0 heterocycles. The number of rotatable bonds is 6. The first-order valence-corrected chi connectivity index (χ1v) is 5.89. The number of aliphatic carboxylic acids is 1. The minimum absolute atomic E-state index is 0.128. The molecule has 0 bridgehead atoms. The fourth-order valence-corrected chi connectivity index (χ4v) is 1.63. The molecular weight excluding hydrogens is 248 g/mol. The first kappa shape index (κ1) is 15.0. The molecule has 19 heavy (non-hydrogen) atoms. The number of urea groups is 1. The molecule has 0 aliphatic rings. The van der Waals surface area contributed by atoms with Crippen LogP contribution < -0.4 is 10.6 Å². The highest BCUT2D eigenvalue weighted by Crippen LogP contribution is 2.15. The molecule has 2 amide bonds. The zero-order valence-electron chi connectivity index (χ0n) is 11.0. The van der Waals surface area contributed by atoms with Gasteiger partial charge >= 0.3 is 12.0 Å². The van der Waals surface area contributed by atoms with Gasteiger partial charge in [-0.25, -0.2) is 4.79 Å².